The van der Waals surface area contributed by atoms with Gasteiger partial charge in [0.05, 0.1) is 23.2 Å². The number of H-pyrrole nitrogens is 1. The van der Waals surface area contributed by atoms with Crippen LogP contribution in [0, 0.1) is 23.1 Å². The highest BCUT2D eigenvalue weighted by molar-refractivity contribution is 5.98. The quantitative estimate of drug-likeness (QED) is 0.176. The molecule has 5 fully saturated rings. The van der Waals surface area contributed by atoms with Gasteiger partial charge in [0.25, 0.3) is 17.4 Å². The molecule has 0 bridgehead atoms. The second kappa shape index (κ2) is 23.0. The van der Waals surface area contributed by atoms with Gasteiger partial charge >= 0.3 is 0 Å². The summed E-state index contributed by atoms with van der Waals surface area (Å²) in [5, 5.41) is 11.2. The Balaban J connectivity index is 0.709. The molecule has 0 radical (unpaired) electrons. The Kier molecular flexibility index (Phi) is 16.4. The van der Waals surface area contributed by atoms with Crippen molar-refractivity contribution in [2.24, 2.45) is 17.3 Å². The third-order valence-corrected chi connectivity index (χ3v) is 16.2. The first-order chi connectivity index (χ1) is 35.2. The number of benzene rings is 3. The van der Waals surface area contributed by atoms with Gasteiger partial charge in [-0.3, -0.25) is 38.6 Å². The second-order valence-electron chi connectivity index (χ2n) is 22.4. The van der Waals surface area contributed by atoms with Crippen LogP contribution in [0.25, 0.3) is 10.8 Å². The molecule has 2 N–H and O–H groups in total. The molecule has 1 saturated carbocycles. The molecule has 390 valence electrons. The number of hydrogen-bond acceptors (Lipinski definition) is 9. The van der Waals surface area contributed by atoms with Gasteiger partial charge in [0.1, 0.15) is 11.9 Å². The van der Waals surface area contributed by atoms with Gasteiger partial charge in [0.2, 0.25) is 17.7 Å². The van der Waals surface area contributed by atoms with E-state index in [4.69, 9.17) is 0 Å². The second-order valence-corrected chi connectivity index (χ2v) is 22.4. The zero-order chi connectivity index (χ0) is 51.2. The highest BCUT2D eigenvalue weighted by Crippen LogP contribution is 2.32. The summed E-state index contributed by atoms with van der Waals surface area (Å²) in [6.45, 7) is 14.4. The fourth-order valence-electron chi connectivity index (χ4n) is 11.9. The van der Waals surface area contributed by atoms with E-state index in [1.54, 1.807) is 29.2 Å². The first-order valence-corrected chi connectivity index (χ1v) is 26.9. The molecule has 3 aromatic carbocycles. The zero-order valence-electron chi connectivity index (χ0n) is 43.1. The molecule has 15 nitrogen and oxygen atoms in total. The molecule has 4 aliphatic heterocycles. The molecule has 5 aliphatic rings. The van der Waals surface area contributed by atoms with Gasteiger partial charge in [-0.2, -0.15) is 5.10 Å². The maximum Gasteiger partial charge on any atom is 0.272 e. The Hall–Kier alpha value is -6.00. The lowest BCUT2D eigenvalue weighted by molar-refractivity contribution is -0.140. The van der Waals surface area contributed by atoms with Crippen LogP contribution in [0.1, 0.15) is 122 Å². The fraction of sp³-hybridized carbons (Fsp3) is 0.561. The third kappa shape index (κ3) is 12.5. The van der Waals surface area contributed by atoms with E-state index in [1.807, 2.05) is 65.8 Å². The predicted octanol–water partition coefficient (Wildman–Crippen LogP) is 5.92. The molecule has 0 spiro atoms. The number of likely N-dealkylation sites (tertiary alicyclic amines) is 2. The summed E-state index contributed by atoms with van der Waals surface area (Å²) < 4.78 is 15.1. The first-order valence-electron chi connectivity index (χ1n) is 26.9. The van der Waals surface area contributed by atoms with Crippen LogP contribution < -0.4 is 10.9 Å². The molecule has 73 heavy (non-hydrogen) atoms. The number of piperidine rings is 2. The molecular formula is C57H74FN9O6. The van der Waals surface area contributed by atoms with Crippen molar-refractivity contribution in [2.75, 3.05) is 91.6 Å². The standard InChI is InChI=1S/C57H74FN9O6/c1-57(2,3)56(73)67-22-10-15-44(37-67)42-13-9-14-43(35-42)52(69)59-51(41-11-5-4-6-12-41)55(72)66-27-25-63(26-28-66)36-39-20-23-62(24-21-39)38-50(68)64-29-31-65(32-30-64)54(71)47-33-40(18-19-48(47)58)34-49-45-16-7-8-17-46(45)53(70)61-60-49/h7-9,13-14,16-19,33,35,39,41,44,51H,4-6,10-12,15,20-32,34,36-38H2,1-3H3,(H,59,69)(H,61,70)/t44?,51-/m1/s1. The average Bonchev–Trinajstić information content (AvgIpc) is 3.41. The van der Waals surface area contributed by atoms with Crippen molar-refractivity contribution in [3.05, 3.63) is 111 Å². The smallest absolute Gasteiger partial charge is 0.272 e. The molecule has 5 heterocycles. The summed E-state index contributed by atoms with van der Waals surface area (Å²) in [5.74, 6) is -0.247. The lowest BCUT2D eigenvalue weighted by atomic mass is 9.83. The monoisotopic (exact) mass is 1000 g/mol. The summed E-state index contributed by atoms with van der Waals surface area (Å²) >= 11 is 0. The van der Waals surface area contributed by atoms with Crippen LogP contribution in [0.3, 0.4) is 0 Å². The van der Waals surface area contributed by atoms with Gasteiger partial charge in [0.15, 0.2) is 0 Å². The van der Waals surface area contributed by atoms with E-state index in [-0.39, 0.29) is 46.6 Å². The van der Waals surface area contributed by atoms with Crippen LogP contribution in [0.15, 0.2) is 71.5 Å². The van der Waals surface area contributed by atoms with Crippen molar-refractivity contribution in [1.29, 1.82) is 0 Å². The van der Waals surface area contributed by atoms with E-state index < -0.39 is 23.2 Å². The number of rotatable bonds is 12. The van der Waals surface area contributed by atoms with E-state index in [2.05, 4.69) is 31.4 Å². The number of fused-ring (bicyclic) bond motifs is 1. The SMILES string of the molecule is CC(C)(C)C(=O)N1CCCC(c2cccc(C(=O)N[C@@H](C(=O)N3CCN(CC4CCN(CC(=O)N5CCN(C(=O)c6cc(Cc7n[nH]c(=O)c8ccccc78)ccc6F)CC5)CC4)CC3)C3CCCCC3)c2)C1. The van der Waals surface area contributed by atoms with Gasteiger partial charge in [-0.25, -0.2) is 9.49 Å². The van der Waals surface area contributed by atoms with Crippen molar-refractivity contribution in [2.45, 2.75) is 96.9 Å². The summed E-state index contributed by atoms with van der Waals surface area (Å²) in [6, 6.07) is 18.9. The molecule has 1 aliphatic carbocycles. The molecule has 2 atom stereocenters. The number of piperazine rings is 2. The highest BCUT2D eigenvalue weighted by Gasteiger charge is 2.37. The van der Waals surface area contributed by atoms with Crippen LogP contribution in [0.5, 0.6) is 0 Å². The summed E-state index contributed by atoms with van der Waals surface area (Å²) in [4.78, 5) is 93.0. The minimum atomic E-state index is -0.605. The molecule has 9 rings (SSSR count). The number of aromatic nitrogens is 2. The molecule has 16 heteroatoms. The molecule has 1 unspecified atom stereocenters. The number of halogens is 1. The normalized spacial score (nSPS) is 20.5. The van der Waals surface area contributed by atoms with E-state index in [1.165, 1.54) is 6.07 Å². The Morgan fingerprint density at radius 2 is 1.41 bits per heavy atom. The molecule has 4 saturated heterocycles. The van der Waals surface area contributed by atoms with E-state index in [0.717, 1.165) is 103 Å². The Morgan fingerprint density at radius 3 is 2.14 bits per heavy atom. The maximum absolute atomic E-state index is 15.1. The van der Waals surface area contributed by atoms with Gasteiger partial charge in [-0.05, 0) is 105 Å². The first kappa shape index (κ1) is 51.9. The van der Waals surface area contributed by atoms with Crippen molar-refractivity contribution < 1.29 is 28.4 Å². The van der Waals surface area contributed by atoms with Crippen LogP contribution in [0.2, 0.25) is 0 Å². The minimum Gasteiger partial charge on any atom is -0.342 e. The molecule has 5 amide bonds. The molecular weight excluding hydrogens is 926 g/mol. The van der Waals surface area contributed by atoms with Crippen LogP contribution in [-0.2, 0) is 20.8 Å². The fourth-order valence-corrected chi connectivity index (χ4v) is 11.9. The van der Waals surface area contributed by atoms with Gasteiger partial charge in [-0.1, -0.05) is 76.4 Å². The summed E-state index contributed by atoms with van der Waals surface area (Å²) in [6.07, 6.45) is 9.30. The minimum absolute atomic E-state index is 0.0220. The van der Waals surface area contributed by atoms with Crippen molar-refractivity contribution in [1.82, 2.24) is 44.9 Å². The Labute approximate surface area is 428 Å². The van der Waals surface area contributed by atoms with E-state index in [0.29, 0.717) is 92.3 Å². The highest BCUT2D eigenvalue weighted by atomic mass is 19.1. The summed E-state index contributed by atoms with van der Waals surface area (Å²) in [7, 11) is 0. The lowest BCUT2D eigenvalue weighted by Crippen LogP contribution is -2.57. The van der Waals surface area contributed by atoms with Crippen LogP contribution in [-0.4, -0.2) is 167 Å². The maximum atomic E-state index is 15.1. The number of nitrogens with zero attached hydrogens (tertiary/aromatic N) is 7. The Morgan fingerprint density at radius 1 is 0.712 bits per heavy atom. The topological polar surface area (TPSA) is 163 Å². The third-order valence-electron chi connectivity index (χ3n) is 16.2. The number of carbonyl (C=O) groups is 5. The lowest BCUT2D eigenvalue weighted by Gasteiger charge is -2.41. The Bertz CT molecular complexity index is 2690. The molecule has 4 aromatic rings. The van der Waals surface area contributed by atoms with E-state index in [9.17, 15) is 28.8 Å². The van der Waals surface area contributed by atoms with Crippen molar-refractivity contribution in [3.8, 4) is 0 Å². The number of amides is 5. The number of carbonyl (C=O) groups excluding carboxylic acids is 5. The average molecular weight is 1000 g/mol. The zero-order valence-corrected chi connectivity index (χ0v) is 43.1. The molecule has 1 aromatic heterocycles. The summed E-state index contributed by atoms with van der Waals surface area (Å²) in [5.41, 5.74) is 2.20. The van der Waals surface area contributed by atoms with E-state index >= 15 is 4.39 Å². The largest absolute Gasteiger partial charge is 0.342 e. The van der Waals surface area contributed by atoms with Gasteiger partial charge < -0.3 is 24.9 Å². The number of aromatic amines is 1. The van der Waals surface area contributed by atoms with Crippen molar-refractivity contribution in [3.63, 3.8) is 0 Å². The number of hydrogen-bond donors (Lipinski definition) is 2. The van der Waals surface area contributed by atoms with Crippen molar-refractivity contribution >= 4 is 40.3 Å². The van der Waals surface area contributed by atoms with Crippen LogP contribution in [0.4, 0.5) is 4.39 Å². The van der Waals surface area contributed by atoms with Gasteiger partial charge in [0, 0.05) is 101 Å². The number of nitrogens with one attached hydrogen (secondary N) is 2. The van der Waals surface area contributed by atoms with Gasteiger partial charge in [-0.15, -0.1) is 0 Å². The predicted molar refractivity (Wildman–Crippen MR) is 279 cm³/mol. The van der Waals surface area contributed by atoms with Crippen LogP contribution >= 0.6 is 0 Å².